The number of carbonyl (C=O) groups excluding carboxylic acids is 1. The lowest BCUT2D eigenvalue weighted by Gasteiger charge is -2.24. The Hall–Kier alpha value is -2.33. The highest BCUT2D eigenvalue weighted by Crippen LogP contribution is 2.26. The van der Waals surface area contributed by atoms with Crippen LogP contribution >= 0.6 is 11.8 Å². The molecule has 0 aliphatic carbocycles. The molecule has 0 N–H and O–H groups in total. The summed E-state index contributed by atoms with van der Waals surface area (Å²) in [6.45, 7) is 4.59. The third-order valence-corrected chi connectivity index (χ3v) is 4.89. The third-order valence-electron chi connectivity index (χ3n) is 3.87. The summed E-state index contributed by atoms with van der Waals surface area (Å²) in [6, 6.07) is 21.8. The summed E-state index contributed by atoms with van der Waals surface area (Å²) in [5.41, 5.74) is 1.89. The first-order valence-corrected chi connectivity index (χ1v) is 8.96. The SMILES string of the molecule is CCN(C(=O)[C@H](C)Sc1ccc2ccccc2n1)c1ccccc1. The van der Waals surface area contributed by atoms with Gasteiger partial charge < -0.3 is 4.90 Å². The molecule has 1 atom stereocenters. The molecule has 4 heteroatoms. The summed E-state index contributed by atoms with van der Waals surface area (Å²) in [6.07, 6.45) is 0. The zero-order valence-corrected chi connectivity index (χ0v) is 14.7. The van der Waals surface area contributed by atoms with Gasteiger partial charge in [-0.15, -0.1) is 0 Å². The molecular formula is C20H20N2OS. The van der Waals surface area contributed by atoms with Crippen LogP contribution in [0.4, 0.5) is 5.69 Å². The first kappa shape index (κ1) is 16.5. The molecule has 0 bridgehead atoms. The number of pyridine rings is 1. The van der Waals surface area contributed by atoms with Crippen LogP contribution in [0.25, 0.3) is 10.9 Å². The van der Waals surface area contributed by atoms with E-state index >= 15 is 0 Å². The number of para-hydroxylation sites is 2. The first-order chi connectivity index (χ1) is 11.7. The highest BCUT2D eigenvalue weighted by Gasteiger charge is 2.22. The summed E-state index contributed by atoms with van der Waals surface area (Å²) in [7, 11) is 0. The fourth-order valence-corrected chi connectivity index (χ4v) is 3.53. The summed E-state index contributed by atoms with van der Waals surface area (Å²) in [5, 5.41) is 1.79. The number of anilines is 1. The fourth-order valence-electron chi connectivity index (χ4n) is 2.64. The second kappa shape index (κ2) is 7.49. The Labute approximate surface area is 146 Å². The average molecular weight is 336 g/mol. The largest absolute Gasteiger partial charge is 0.312 e. The molecule has 0 spiro atoms. The molecule has 0 saturated heterocycles. The van der Waals surface area contributed by atoms with Crippen molar-refractivity contribution in [1.82, 2.24) is 4.98 Å². The van der Waals surface area contributed by atoms with Crippen molar-refractivity contribution in [3.05, 3.63) is 66.7 Å². The van der Waals surface area contributed by atoms with Crippen molar-refractivity contribution >= 4 is 34.3 Å². The van der Waals surface area contributed by atoms with Crippen molar-refractivity contribution in [3.8, 4) is 0 Å². The molecule has 3 nitrogen and oxygen atoms in total. The lowest BCUT2D eigenvalue weighted by Crippen LogP contribution is -2.36. The number of rotatable bonds is 5. The molecule has 3 rings (SSSR count). The topological polar surface area (TPSA) is 33.2 Å². The van der Waals surface area contributed by atoms with Crippen molar-refractivity contribution in [1.29, 1.82) is 0 Å². The molecule has 24 heavy (non-hydrogen) atoms. The maximum absolute atomic E-state index is 12.8. The number of hydrogen-bond acceptors (Lipinski definition) is 3. The molecule has 0 unspecified atom stereocenters. The van der Waals surface area contributed by atoms with E-state index < -0.39 is 0 Å². The monoisotopic (exact) mass is 336 g/mol. The zero-order valence-electron chi connectivity index (χ0n) is 13.8. The van der Waals surface area contributed by atoms with Crippen LogP contribution in [0.3, 0.4) is 0 Å². The van der Waals surface area contributed by atoms with Crippen LogP contribution in [-0.4, -0.2) is 22.7 Å². The minimum Gasteiger partial charge on any atom is -0.312 e. The Morgan fingerprint density at radius 1 is 1.04 bits per heavy atom. The molecule has 1 aromatic heterocycles. The zero-order chi connectivity index (χ0) is 16.9. The smallest absolute Gasteiger partial charge is 0.240 e. The van der Waals surface area contributed by atoms with Gasteiger partial charge >= 0.3 is 0 Å². The highest BCUT2D eigenvalue weighted by atomic mass is 32.2. The number of nitrogens with zero attached hydrogens (tertiary/aromatic N) is 2. The Balaban J connectivity index is 1.77. The first-order valence-electron chi connectivity index (χ1n) is 8.08. The van der Waals surface area contributed by atoms with Crippen molar-refractivity contribution in [2.45, 2.75) is 24.1 Å². The van der Waals surface area contributed by atoms with E-state index in [0.29, 0.717) is 6.54 Å². The number of aromatic nitrogens is 1. The minimum atomic E-state index is -0.196. The molecule has 0 radical (unpaired) electrons. The van der Waals surface area contributed by atoms with Crippen LogP contribution in [0.1, 0.15) is 13.8 Å². The standard InChI is InChI=1S/C20H20N2OS/c1-3-22(17-10-5-4-6-11-17)20(23)15(2)24-19-14-13-16-9-7-8-12-18(16)21-19/h4-15H,3H2,1-2H3/t15-/m0/s1. The van der Waals surface area contributed by atoms with E-state index in [0.717, 1.165) is 21.6 Å². The van der Waals surface area contributed by atoms with Gasteiger partial charge in [0.05, 0.1) is 15.8 Å². The van der Waals surface area contributed by atoms with Gasteiger partial charge in [0, 0.05) is 17.6 Å². The number of amides is 1. The van der Waals surface area contributed by atoms with Gasteiger partial charge in [-0.25, -0.2) is 4.98 Å². The molecule has 0 aliphatic rings. The molecule has 122 valence electrons. The highest BCUT2D eigenvalue weighted by molar-refractivity contribution is 8.00. The second-order valence-electron chi connectivity index (χ2n) is 5.52. The maximum atomic E-state index is 12.8. The quantitative estimate of drug-likeness (QED) is 0.629. The van der Waals surface area contributed by atoms with Gasteiger partial charge in [0.15, 0.2) is 0 Å². The van der Waals surface area contributed by atoms with Gasteiger partial charge in [-0.1, -0.05) is 54.2 Å². The molecule has 1 amide bonds. The van der Waals surface area contributed by atoms with Crippen molar-refractivity contribution in [2.24, 2.45) is 0 Å². The summed E-state index contributed by atoms with van der Waals surface area (Å²) in [5.74, 6) is 0.101. The number of thioether (sulfide) groups is 1. The average Bonchev–Trinajstić information content (AvgIpc) is 2.63. The maximum Gasteiger partial charge on any atom is 0.240 e. The van der Waals surface area contributed by atoms with Crippen LogP contribution < -0.4 is 4.90 Å². The van der Waals surface area contributed by atoms with Crippen LogP contribution in [0.2, 0.25) is 0 Å². The normalized spacial score (nSPS) is 12.1. The van der Waals surface area contributed by atoms with Gasteiger partial charge in [-0.05, 0) is 38.1 Å². The van der Waals surface area contributed by atoms with Gasteiger partial charge in [0.1, 0.15) is 0 Å². The molecule has 2 aromatic carbocycles. The van der Waals surface area contributed by atoms with E-state index in [1.165, 1.54) is 11.8 Å². The van der Waals surface area contributed by atoms with Crippen LogP contribution in [0.15, 0.2) is 71.8 Å². The van der Waals surface area contributed by atoms with E-state index in [-0.39, 0.29) is 11.2 Å². The Morgan fingerprint density at radius 2 is 1.75 bits per heavy atom. The van der Waals surface area contributed by atoms with Crippen LogP contribution in [0.5, 0.6) is 0 Å². The Morgan fingerprint density at radius 3 is 2.50 bits per heavy atom. The van der Waals surface area contributed by atoms with Gasteiger partial charge in [0.25, 0.3) is 0 Å². The Bertz CT molecular complexity index is 835. The van der Waals surface area contributed by atoms with Gasteiger partial charge in [0.2, 0.25) is 5.91 Å². The Kier molecular flexibility index (Phi) is 5.16. The van der Waals surface area contributed by atoms with E-state index in [4.69, 9.17) is 0 Å². The third kappa shape index (κ3) is 3.60. The predicted octanol–water partition coefficient (Wildman–Crippen LogP) is 4.77. The minimum absolute atomic E-state index is 0.101. The molecule has 3 aromatic rings. The van der Waals surface area contributed by atoms with Crippen LogP contribution in [-0.2, 0) is 4.79 Å². The van der Waals surface area contributed by atoms with E-state index in [9.17, 15) is 4.79 Å². The summed E-state index contributed by atoms with van der Waals surface area (Å²) in [4.78, 5) is 19.3. The lowest BCUT2D eigenvalue weighted by molar-refractivity contribution is -0.117. The lowest BCUT2D eigenvalue weighted by atomic mass is 10.2. The van der Waals surface area contributed by atoms with E-state index in [1.807, 2.05) is 79.4 Å². The molecular weight excluding hydrogens is 316 g/mol. The van der Waals surface area contributed by atoms with E-state index in [1.54, 1.807) is 0 Å². The van der Waals surface area contributed by atoms with Crippen LogP contribution in [0, 0.1) is 0 Å². The molecule has 0 fully saturated rings. The molecule has 0 saturated carbocycles. The predicted molar refractivity (Wildman–Crippen MR) is 102 cm³/mol. The van der Waals surface area contributed by atoms with E-state index in [2.05, 4.69) is 11.1 Å². The summed E-state index contributed by atoms with van der Waals surface area (Å²) < 4.78 is 0. The summed E-state index contributed by atoms with van der Waals surface area (Å²) >= 11 is 1.50. The fraction of sp³-hybridized carbons (Fsp3) is 0.200. The number of fused-ring (bicyclic) bond motifs is 1. The van der Waals surface area contributed by atoms with Gasteiger partial charge in [-0.3, -0.25) is 4.79 Å². The number of hydrogen-bond donors (Lipinski definition) is 0. The van der Waals surface area contributed by atoms with Crippen molar-refractivity contribution < 1.29 is 4.79 Å². The number of benzene rings is 2. The van der Waals surface area contributed by atoms with Gasteiger partial charge in [-0.2, -0.15) is 0 Å². The van der Waals surface area contributed by atoms with Crippen molar-refractivity contribution in [2.75, 3.05) is 11.4 Å². The second-order valence-corrected chi connectivity index (χ2v) is 6.88. The molecule has 0 aliphatic heterocycles. The number of carbonyl (C=O) groups is 1. The molecule has 1 heterocycles. The van der Waals surface area contributed by atoms with Crippen molar-refractivity contribution in [3.63, 3.8) is 0 Å².